The first-order valence-corrected chi connectivity index (χ1v) is 9.08. The van der Waals surface area contributed by atoms with Gasteiger partial charge in [-0.3, -0.25) is 14.9 Å². The summed E-state index contributed by atoms with van der Waals surface area (Å²) in [6.07, 6.45) is 0.231. The minimum atomic E-state index is -3.93. The van der Waals surface area contributed by atoms with Crippen LogP contribution in [0.4, 0.5) is 11.4 Å². The number of non-ortho nitro benzene ring substituents is 1. The van der Waals surface area contributed by atoms with Crippen LogP contribution in [-0.4, -0.2) is 61.6 Å². The Kier molecular flexibility index (Phi) is 6.28. The fraction of sp³-hybridized carbons (Fsp3) is 0.500. The highest BCUT2D eigenvalue weighted by molar-refractivity contribution is 7.89. The quantitative estimate of drug-likeness (QED) is 0.389. The van der Waals surface area contributed by atoms with Crippen LogP contribution in [0.1, 0.15) is 12.8 Å². The predicted molar refractivity (Wildman–Crippen MR) is 88.0 cm³/mol. The maximum Gasteiger partial charge on any atom is 0.303 e. The molecule has 0 amide bonds. The molecule has 0 atom stereocenters. The number of morpholine rings is 1. The van der Waals surface area contributed by atoms with Gasteiger partial charge in [-0.15, -0.1) is 0 Å². The number of sulfonamides is 1. The largest absolute Gasteiger partial charge is 0.481 e. The van der Waals surface area contributed by atoms with Crippen LogP contribution in [0.3, 0.4) is 0 Å². The molecule has 1 heterocycles. The number of aliphatic carboxylic acids is 1. The number of hydrogen-bond acceptors (Lipinski definition) is 7. The van der Waals surface area contributed by atoms with E-state index in [4.69, 9.17) is 9.84 Å². The zero-order valence-corrected chi connectivity index (χ0v) is 14.2. The third kappa shape index (κ3) is 4.87. The summed E-state index contributed by atoms with van der Waals surface area (Å²) in [4.78, 5) is 20.7. The number of ether oxygens (including phenoxy) is 1. The van der Waals surface area contributed by atoms with E-state index < -0.39 is 20.9 Å². The molecule has 0 spiro atoms. The molecule has 1 aromatic rings. The number of hydrogen-bond donors (Lipinski definition) is 2. The highest BCUT2D eigenvalue weighted by Gasteiger charge is 2.30. The van der Waals surface area contributed by atoms with Crippen molar-refractivity contribution in [2.45, 2.75) is 17.7 Å². The molecule has 1 aliphatic heterocycles. The number of carboxylic acids is 1. The van der Waals surface area contributed by atoms with Crippen molar-refractivity contribution in [3.8, 4) is 0 Å². The average molecular weight is 373 g/mol. The van der Waals surface area contributed by atoms with Crippen LogP contribution in [0.2, 0.25) is 0 Å². The van der Waals surface area contributed by atoms with E-state index in [1.165, 1.54) is 16.4 Å². The summed E-state index contributed by atoms with van der Waals surface area (Å²) >= 11 is 0. The van der Waals surface area contributed by atoms with E-state index in [2.05, 4.69) is 5.32 Å². The van der Waals surface area contributed by atoms with Gasteiger partial charge in [0.2, 0.25) is 10.0 Å². The van der Waals surface area contributed by atoms with E-state index in [1.54, 1.807) is 0 Å². The van der Waals surface area contributed by atoms with Gasteiger partial charge in [0.15, 0.2) is 0 Å². The summed E-state index contributed by atoms with van der Waals surface area (Å²) in [5, 5.41) is 22.5. The third-order valence-electron chi connectivity index (χ3n) is 3.65. The molecular formula is C14H19N3O7S. The van der Waals surface area contributed by atoms with E-state index in [0.717, 1.165) is 6.07 Å². The highest BCUT2D eigenvalue weighted by atomic mass is 32.2. The molecule has 0 aliphatic carbocycles. The van der Waals surface area contributed by atoms with Gasteiger partial charge in [-0.25, -0.2) is 8.42 Å². The minimum absolute atomic E-state index is 0.0640. The molecular weight excluding hydrogens is 354 g/mol. The summed E-state index contributed by atoms with van der Waals surface area (Å²) < 4.78 is 32.0. The van der Waals surface area contributed by atoms with E-state index in [0.29, 0.717) is 6.42 Å². The van der Waals surface area contributed by atoms with Gasteiger partial charge in [-0.1, -0.05) is 0 Å². The number of benzene rings is 1. The summed E-state index contributed by atoms with van der Waals surface area (Å²) in [6, 6.07) is 3.55. The van der Waals surface area contributed by atoms with Crippen LogP contribution >= 0.6 is 0 Å². The standard InChI is InChI=1S/C14H19N3O7S/c18-14(19)2-1-5-15-12-4-3-11(17(20)21)10-13(12)25(22,23)16-6-8-24-9-7-16/h3-4,10,15H,1-2,5-9H2,(H,18,19). The molecule has 1 fully saturated rings. The van der Waals surface area contributed by atoms with Gasteiger partial charge in [0.1, 0.15) is 4.90 Å². The Hall–Kier alpha value is -2.24. The van der Waals surface area contributed by atoms with Gasteiger partial charge in [0.05, 0.1) is 23.8 Å². The van der Waals surface area contributed by atoms with Crippen LogP contribution in [0.25, 0.3) is 0 Å². The Bertz CT molecular complexity index is 745. The third-order valence-corrected chi connectivity index (χ3v) is 5.59. The summed E-state index contributed by atoms with van der Waals surface area (Å²) in [7, 11) is -3.93. The normalized spacial score (nSPS) is 15.7. The fourth-order valence-corrected chi connectivity index (χ4v) is 3.97. The van der Waals surface area contributed by atoms with Crippen molar-refractivity contribution in [2.24, 2.45) is 0 Å². The van der Waals surface area contributed by atoms with Gasteiger partial charge in [-0.2, -0.15) is 4.31 Å². The van der Waals surface area contributed by atoms with E-state index in [-0.39, 0.29) is 55.5 Å². The van der Waals surface area contributed by atoms with Crippen molar-refractivity contribution in [2.75, 3.05) is 38.2 Å². The zero-order valence-electron chi connectivity index (χ0n) is 13.4. The molecule has 11 heteroatoms. The number of nitrogens with zero attached hydrogens (tertiary/aromatic N) is 2. The summed E-state index contributed by atoms with van der Waals surface area (Å²) in [5.74, 6) is -0.952. The van der Waals surface area contributed by atoms with Crippen LogP contribution in [0.15, 0.2) is 23.1 Å². The predicted octanol–water partition coefficient (Wildman–Crippen LogP) is 0.892. The number of carbonyl (C=O) groups is 1. The molecule has 1 saturated heterocycles. The van der Waals surface area contributed by atoms with Gasteiger partial charge >= 0.3 is 5.97 Å². The summed E-state index contributed by atoms with van der Waals surface area (Å²) in [5.41, 5.74) is -0.120. The lowest BCUT2D eigenvalue weighted by molar-refractivity contribution is -0.385. The van der Waals surface area contributed by atoms with E-state index in [1.807, 2.05) is 0 Å². The average Bonchev–Trinajstić information content (AvgIpc) is 2.59. The second-order valence-electron chi connectivity index (χ2n) is 5.38. The molecule has 10 nitrogen and oxygen atoms in total. The highest BCUT2D eigenvalue weighted by Crippen LogP contribution is 2.29. The Morgan fingerprint density at radius 3 is 2.64 bits per heavy atom. The molecule has 1 aromatic carbocycles. The Balaban J connectivity index is 2.29. The Labute approximate surface area is 144 Å². The Morgan fingerprint density at radius 1 is 1.36 bits per heavy atom. The van der Waals surface area contributed by atoms with Crippen LogP contribution < -0.4 is 5.32 Å². The lowest BCUT2D eigenvalue weighted by Crippen LogP contribution is -2.40. The maximum absolute atomic E-state index is 12.8. The van der Waals surface area contributed by atoms with Gasteiger partial charge in [0.25, 0.3) is 5.69 Å². The molecule has 1 aliphatic rings. The van der Waals surface area contributed by atoms with E-state index >= 15 is 0 Å². The summed E-state index contributed by atoms with van der Waals surface area (Å²) in [6.45, 7) is 1.09. The van der Waals surface area contributed by atoms with Crippen molar-refractivity contribution in [1.29, 1.82) is 0 Å². The van der Waals surface area contributed by atoms with Crippen molar-refractivity contribution < 1.29 is 28.0 Å². The van der Waals surface area contributed by atoms with Gasteiger partial charge in [-0.05, 0) is 12.5 Å². The topological polar surface area (TPSA) is 139 Å². The van der Waals surface area contributed by atoms with Gasteiger partial charge < -0.3 is 15.2 Å². The molecule has 2 rings (SSSR count). The molecule has 0 unspecified atom stereocenters. The molecule has 0 saturated carbocycles. The van der Waals surface area contributed by atoms with Crippen LogP contribution in [0.5, 0.6) is 0 Å². The number of carboxylic acid groups (broad SMARTS) is 1. The lowest BCUT2D eigenvalue weighted by atomic mass is 10.2. The molecule has 0 bridgehead atoms. The number of nitrogens with one attached hydrogen (secondary N) is 1. The maximum atomic E-state index is 12.8. The molecule has 25 heavy (non-hydrogen) atoms. The first-order valence-electron chi connectivity index (χ1n) is 7.64. The lowest BCUT2D eigenvalue weighted by Gasteiger charge is -2.27. The SMILES string of the molecule is O=C(O)CCCNc1ccc([N+](=O)[O-])cc1S(=O)(=O)N1CCOCC1. The first kappa shape index (κ1) is 19.1. The number of anilines is 1. The minimum Gasteiger partial charge on any atom is -0.481 e. The van der Waals surface area contributed by atoms with Crippen molar-refractivity contribution in [3.63, 3.8) is 0 Å². The number of rotatable bonds is 8. The molecule has 0 aromatic heterocycles. The second-order valence-corrected chi connectivity index (χ2v) is 7.28. The van der Waals surface area contributed by atoms with Crippen LogP contribution in [-0.2, 0) is 19.6 Å². The van der Waals surface area contributed by atoms with Crippen LogP contribution in [0, 0.1) is 10.1 Å². The van der Waals surface area contributed by atoms with Crippen molar-refractivity contribution in [1.82, 2.24) is 4.31 Å². The van der Waals surface area contributed by atoms with E-state index in [9.17, 15) is 23.3 Å². The van der Waals surface area contributed by atoms with Crippen molar-refractivity contribution >= 4 is 27.4 Å². The smallest absolute Gasteiger partial charge is 0.303 e. The Morgan fingerprint density at radius 2 is 2.04 bits per heavy atom. The van der Waals surface area contributed by atoms with Crippen molar-refractivity contribution in [3.05, 3.63) is 28.3 Å². The molecule has 0 radical (unpaired) electrons. The first-order chi connectivity index (χ1) is 11.8. The fourth-order valence-electron chi connectivity index (χ4n) is 2.37. The molecule has 2 N–H and O–H groups in total. The zero-order chi connectivity index (χ0) is 18.4. The number of nitro benzene ring substituents is 1. The monoisotopic (exact) mass is 373 g/mol. The second kappa shape index (κ2) is 8.23. The van der Waals surface area contributed by atoms with Gasteiger partial charge in [0, 0.05) is 38.2 Å². The molecule has 138 valence electrons. The number of nitro groups is 1.